The second-order valence-corrected chi connectivity index (χ2v) is 7.03. The molecule has 1 fully saturated rings. The molecule has 2 aromatic rings. The molecule has 1 unspecified atom stereocenters. The number of aliphatic hydroxyl groups is 1. The summed E-state index contributed by atoms with van der Waals surface area (Å²) in [6.45, 7) is 9.79. The first-order valence-corrected chi connectivity index (χ1v) is 7.08. The van der Waals surface area contributed by atoms with Crippen molar-refractivity contribution in [1.82, 2.24) is 14.6 Å². The van der Waals surface area contributed by atoms with Gasteiger partial charge >= 0.3 is 0 Å². The molecule has 1 aliphatic heterocycles. The van der Waals surface area contributed by atoms with Crippen LogP contribution in [0.2, 0.25) is 0 Å². The van der Waals surface area contributed by atoms with Gasteiger partial charge in [-0.05, 0) is 19.4 Å². The summed E-state index contributed by atoms with van der Waals surface area (Å²) in [5, 5.41) is 14.8. The van der Waals surface area contributed by atoms with Crippen molar-refractivity contribution >= 4 is 11.3 Å². The van der Waals surface area contributed by atoms with Gasteiger partial charge in [0.25, 0.3) is 0 Å². The van der Waals surface area contributed by atoms with Crippen LogP contribution in [0.3, 0.4) is 0 Å². The van der Waals surface area contributed by atoms with Gasteiger partial charge in [0, 0.05) is 30.9 Å². The molecule has 1 saturated heterocycles. The number of fused-ring (bicyclic) bond motifs is 1. The summed E-state index contributed by atoms with van der Waals surface area (Å²) in [7, 11) is 0. The van der Waals surface area contributed by atoms with Crippen LogP contribution in [-0.4, -0.2) is 38.4 Å². The summed E-state index contributed by atoms with van der Waals surface area (Å²) in [5.41, 5.74) is 1.45. The van der Waals surface area contributed by atoms with Crippen LogP contribution in [0.1, 0.15) is 39.8 Å². The van der Waals surface area contributed by atoms with E-state index >= 15 is 0 Å². The molecule has 5 nitrogen and oxygen atoms in total. The fourth-order valence-corrected chi connectivity index (χ4v) is 2.64. The zero-order valence-electron chi connectivity index (χ0n) is 12.6. The molecule has 1 aliphatic rings. The van der Waals surface area contributed by atoms with Crippen LogP contribution >= 0.6 is 0 Å². The molecule has 5 heteroatoms. The van der Waals surface area contributed by atoms with E-state index in [2.05, 4.69) is 41.8 Å². The molecule has 0 bridgehead atoms. The average molecular weight is 274 g/mol. The molecule has 108 valence electrons. The van der Waals surface area contributed by atoms with Crippen molar-refractivity contribution < 1.29 is 5.11 Å². The number of anilines is 1. The normalized spacial score (nSPS) is 23.8. The number of β-amino-alcohol motifs (C(OH)–C–C–N with tert-alkyl or cyclic N) is 1. The Morgan fingerprint density at radius 2 is 2.10 bits per heavy atom. The second-order valence-electron chi connectivity index (χ2n) is 7.03. The van der Waals surface area contributed by atoms with E-state index < -0.39 is 5.60 Å². The summed E-state index contributed by atoms with van der Waals surface area (Å²) in [5.74, 6) is 0.910. The fourth-order valence-electron chi connectivity index (χ4n) is 2.64. The van der Waals surface area contributed by atoms with Crippen molar-refractivity contribution in [2.75, 3.05) is 18.0 Å². The Morgan fingerprint density at radius 3 is 2.70 bits per heavy atom. The number of aromatic nitrogens is 3. The lowest BCUT2D eigenvalue weighted by Crippen LogP contribution is -2.30. The molecule has 0 radical (unpaired) electrons. The minimum atomic E-state index is -0.624. The molecule has 0 aliphatic carbocycles. The van der Waals surface area contributed by atoms with Crippen molar-refractivity contribution in [2.24, 2.45) is 0 Å². The SMILES string of the molecule is CC1(O)CCN(c2nccn3nc(C(C)(C)C)cc23)C1. The van der Waals surface area contributed by atoms with Crippen LogP contribution in [-0.2, 0) is 5.41 Å². The van der Waals surface area contributed by atoms with Gasteiger partial charge in [0.1, 0.15) is 5.52 Å². The molecule has 0 saturated carbocycles. The van der Waals surface area contributed by atoms with Gasteiger partial charge in [-0.1, -0.05) is 20.8 Å². The first-order chi connectivity index (χ1) is 9.26. The van der Waals surface area contributed by atoms with E-state index in [4.69, 9.17) is 0 Å². The molecule has 0 aromatic carbocycles. The quantitative estimate of drug-likeness (QED) is 0.864. The lowest BCUT2D eigenvalue weighted by Gasteiger charge is -2.20. The Kier molecular flexibility index (Phi) is 2.80. The number of hydrogen-bond donors (Lipinski definition) is 1. The molecule has 0 amide bonds. The zero-order chi connectivity index (χ0) is 14.5. The molecule has 0 spiro atoms. The highest BCUT2D eigenvalue weighted by Crippen LogP contribution is 2.30. The summed E-state index contributed by atoms with van der Waals surface area (Å²) >= 11 is 0. The van der Waals surface area contributed by atoms with Gasteiger partial charge in [0.15, 0.2) is 5.82 Å². The van der Waals surface area contributed by atoms with Crippen molar-refractivity contribution in [3.8, 4) is 0 Å². The van der Waals surface area contributed by atoms with Crippen LogP contribution in [0, 0.1) is 0 Å². The van der Waals surface area contributed by atoms with Crippen LogP contribution < -0.4 is 4.90 Å². The molecular weight excluding hydrogens is 252 g/mol. The van der Waals surface area contributed by atoms with Gasteiger partial charge in [0.05, 0.1) is 11.3 Å². The summed E-state index contributed by atoms with van der Waals surface area (Å²) < 4.78 is 1.88. The van der Waals surface area contributed by atoms with E-state index in [0.29, 0.717) is 6.54 Å². The molecule has 1 atom stereocenters. The standard InChI is InChI=1S/C15H22N4O/c1-14(2,3)12-9-11-13(16-6-8-19(11)17-12)18-7-5-15(4,20)10-18/h6,8-9,20H,5,7,10H2,1-4H3. The smallest absolute Gasteiger partial charge is 0.154 e. The summed E-state index contributed by atoms with van der Waals surface area (Å²) in [6.07, 6.45) is 4.42. The van der Waals surface area contributed by atoms with Gasteiger partial charge in [-0.2, -0.15) is 5.10 Å². The van der Waals surface area contributed by atoms with Crippen LogP contribution in [0.5, 0.6) is 0 Å². The molecule has 3 rings (SSSR count). The Bertz CT molecular complexity index is 639. The number of nitrogens with zero attached hydrogens (tertiary/aromatic N) is 4. The predicted octanol–water partition coefficient (Wildman–Crippen LogP) is 1.99. The topological polar surface area (TPSA) is 53.7 Å². The molecule has 1 N–H and O–H groups in total. The molecular formula is C15H22N4O. The summed E-state index contributed by atoms with van der Waals surface area (Å²) in [4.78, 5) is 6.65. The van der Waals surface area contributed by atoms with E-state index in [1.54, 1.807) is 6.20 Å². The van der Waals surface area contributed by atoms with E-state index in [1.165, 1.54) is 0 Å². The van der Waals surface area contributed by atoms with Crippen LogP contribution in [0.25, 0.3) is 5.52 Å². The third-order valence-corrected chi connectivity index (χ3v) is 3.89. The van der Waals surface area contributed by atoms with E-state index in [9.17, 15) is 5.11 Å². The van der Waals surface area contributed by atoms with E-state index in [-0.39, 0.29) is 5.41 Å². The van der Waals surface area contributed by atoms with Crippen molar-refractivity contribution in [2.45, 2.75) is 45.1 Å². The fraction of sp³-hybridized carbons (Fsp3) is 0.600. The van der Waals surface area contributed by atoms with Crippen molar-refractivity contribution in [3.63, 3.8) is 0 Å². The van der Waals surface area contributed by atoms with Gasteiger partial charge in [-0.3, -0.25) is 0 Å². The lowest BCUT2D eigenvalue weighted by atomic mass is 9.92. The largest absolute Gasteiger partial charge is 0.388 e. The highest BCUT2D eigenvalue weighted by atomic mass is 16.3. The van der Waals surface area contributed by atoms with Crippen molar-refractivity contribution in [1.29, 1.82) is 0 Å². The number of rotatable bonds is 1. The highest BCUT2D eigenvalue weighted by molar-refractivity contribution is 5.70. The van der Waals surface area contributed by atoms with Crippen LogP contribution in [0.15, 0.2) is 18.5 Å². The maximum absolute atomic E-state index is 10.1. The van der Waals surface area contributed by atoms with Crippen molar-refractivity contribution in [3.05, 3.63) is 24.2 Å². The van der Waals surface area contributed by atoms with E-state index in [0.717, 1.165) is 30.0 Å². The van der Waals surface area contributed by atoms with Gasteiger partial charge < -0.3 is 10.0 Å². The Labute approximate surface area is 119 Å². The first kappa shape index (κ1) is 13.4. The zero-order valence-corrected chi connectivity index (χ0v) is 12.6. The van der Waals surface area contributed by atoms with E-state index in [1.807, 2.05) is 17.6 Å². The summed E-state index contributed by atoms with van der Waals surface area (Å²) in [6, 6.07) is 2.11. The van der Waals surface area contributed by atoms with Gasteiger partial charge in [0.2, 0.25) is 0 Å². The second kappa shape index (κ2) is 4.19. The molecule has 3 heterocycles. The Hall–Kier alpha value is -1.62. The first-order valence-electron chi connectivity index (χ1n) is 7.08. The van der Waals surface area contributed by atoms with Gasteiger partial charge in [-0.25, -0.2) is 9.50 Å². The maximum atomic E-state index is 10.1. The molecule has 2 aromatic heterocycles. The third kappa shape index (κ3) is 2.26. The Morgan fingerprint density at radius 1 is 1.35 bits per heavy atom. The van der Waals surface area contributed by atoms with Gasteiger partial charge in [-0.15, -0.1) is 0 Å². The third-order valence-electron chi connectivity index (χ3n) is 3.89. The monoisotopic (exact) mass is 274 g/mol. The average Bonchev–Trinajstić information content (AvgIpc) is 2.90. The Balaban J connectivity index is 2.06. The maximum Gasteiger partial charge on any atom is 0.154 e. The highest BCUT2D eigenvalue weighted by Gasteiger charge is 2.33. The number of hydrogen-bond acceptors (Lipinski definition) is 4. The minimum absolute atomic E-state index is 0.0137. The predicted molar refractivity (Wildman–Crippen MR) is 79.1 cm³/mol. The molecule has 20 heavy (non-hydrogen) atoms. The lowest BCUT2D eigenvalue weighted by molar-refractivity contribution is 0.0839. The minimum Gasteiger partial charge on any atom is -0.388 e. The van der Waals surface area contributed by atoms with Crippen LogP contribution in [0.4, 0.5) is 5.82 Å².